The van der Waals surface area contributed by atoms with Crippen LogP contribution in [0.3, 0.4) is 0 Å². The molecule has 0 bridgehead atoms. The van der Waals surface area contributed by atoms with Crippen LogP contribution in [-0.2, 0) is 10.8 Å². The second-order valence-electron chi connectivity index (χ2n) is 4.65. The Hall–Kier alpha value is -0.580. The zero-order valence-corrected chi connectivity index (χ0v) is 11.3. The van der Waals surface area contributed by atoms with Gasteiger partial charge in [0.1, 0.15) is 0 Å². The molecule has 0 amide bonds. The molecule has 2 unspecified atom stereocenters. The van der Waals surface area contributed by atoms with E-state index in [0.29, 0.717) is 18.5 Å². The van der Waals surface area contributed by atoms with Gasteiger partial charge in [0, 0.05) is 23.1 Å². The van der Waals surface area contributed by atoms with E-state index in [2.05, 4.69) is 24.2 Å². The van der Waals surface area contributed by atoms with Crippen LogP contribution in [0, 0.1) is 0 Å². The first-order valence-corrected chi connectivity index (χ1v) is 7.46. The lowest BCUT2D eigenvalue weighted by molar-refractivity contribution is 0.360. The highest BCUT2D eigenvalue weighted by molar-refractivity contribution is 7.85. The third-order valence-electron chi connectivity index (χ3n) is 3.42. The van der Waals surface area contributed by atoms with Gasteiger partial charge in [0.2, 0.25) is 0 Å². The molecule has 0 radical (unpaired) electrons. The summed E-state index contributed by atoms with van der Waals surface area (Å²) in [5, 5.41) is 3.12. The Morgan fingerprint density at radius 2 is 2.25 bits per heavy atom. The Bertz CT molecular complexity index is 287. The predicted octanol–water partition coefficient (Wildman–Crippen LogP) is 0.990. The maximum atomic E-state index is 11.6. The van der Waals surface area contributed by atoms with Gasteiger partial charge in [-0.15, -0.1) is 0 Å². The van der Waals surface area contributed by atoms with Crippen molar-refractivity contribution in [2.45, 2.75) is 50.3 Å². The summed E-state index contributed by atoms with van der Waals surface area (Å²) < 4.78 is 11.5. The summed E-state index contributed by atoms with van der Waals surface area (Å²) in [5.41, 5.74) is 5.78. The summed E-state index contributed by atoms with van der Waals surface area (Å²) in [6, 6.07) is 0.341. The molecule has 16 heavy (non-hydrogen) atoms. The van der Waals surface area contributed by atoms with Crippen LogP contribution in [-0.4, -0.2) is 33.8 Å². The van der Waals surface area contributed by atoms with Crippen molar-refractivity contribution in [3.63, 3.8) is 0 Å². The molecule has 1 fully saturated rings. The van der Waals surface area contributed by atoms with Crippen molar-refractivity contribution in [1.29, 1.82) is 0 Å². The zero-order valence-electron chi connectivity index (χ0n) is 10.5. The van der Waals surface area contributed by atoms with Crippen molar-refractivity contribution in [2.24, 2.45) is 10.7 Å². The second-order valence-corrected chi connectivity index (χ2v) is 6.42. The lowest BCUT2D eigenvalue weighted by Gasteiger charge is -2.38. The number of nitrogens with two attached hydrogens (primary N) is 1. The predicted molar refractivity (Wildman–Crippen MR) is 70.0 cm³/mol. The van der Waals surface area contributed by atoms with Gasteiger partial charge >= 0.3 is 0 Å². The number of nitrogens with one attached hydrogen (secondary N) is 1. The molecular formula is C11H23N3OS. The molecule has 1 aliphatic rings. The Balaban J connectivity index is 2.48. The third kappa shape index (κ3) is 3.20. The van der Waals surface area contributed by atoms with Crippen LogP contribution in [0.25, 0.3) is 0 Å². The highest BCUT2D eigenvalue weighted by atomic mass is 32.2. The van der Waals surface area contributed by atoms with Gasteiger partial charge in [-0.05, 0) is 26.2 Å². The quantitative estimate of drug-likeness (QED) is 0.561. The van der Waals surface area contributed by atoms with Gasteiger partial charge in [0.15, 0.2) is 5.96 Å². The maximum Gasteiger partial charge on any atom is 0.188 e. The van der Waals surface area contributed by atoms with Crippen molar-refractivity contribution in [1.82, 2.24) is 5.32 Å². The highest BCUT2D eigenvalue weighted by Crippen LogP contribution is 2.37. The van der Waals surface area contributed by atoms with Crippen LogP contribution in [0.1, 0.15) is 39.5 Å². The fraction of sp³-hybridized carbons (Fsp3) is 0.909. The molecule has 94 valence electrons. The van der Waals surface area contributed by atoms with E-state index in [-0.39, 0.29) is 4.75 Å². The smallest absolute Gasteiger partial charge is 0.188 e. The van der Waals surface area contributed by atoms with Crippen LogP contribution < -0.4 is 11.1 Å². The van der Waals surface area contributed by atoms with E-state index in [1.807, 2.05) is 0 Å². The average Bonchev–Trinajstić information content (AvgIpc) is 2.15. The van der Waals surface area contributed by atoms with Crippen molar-refractivity contribution >= 4 is 16.8 Å². The SMILES string of the molecule is CCC(C)NC(N)=NCC1(S(C)=O)CCC1. The summed E-state index contributed by atoms with van der Waals surface area (Å²) in [7, 11) is -0.803. The number of hydrogen-bond donors (Lipinski definition) is 2. The van der Waals surface area contributed by atoms with Crippen LogP contribution in [0.5, 0.6) is 0 Å². The average molecular weight is 245 g/mol. The minimum atomic E-state index is -0.803. The number of rotatable bonds is 5. The van der Waals surface area contributed by atoms with E-state index < -0.39 is 10.8 Å². The van der Waals surface area contributed by atoms with Crippen molar-refractivity contribution in [2.75, 3.05) is 12.8 Å². The molecule has 0 aromatic heterocycles. The van der Waals surface area contributed by atoms with E-state index in [9.17, 15) is 4.21 Å². The summed E-state index contributed by atoms with van der Waals surface area (Å²) in [6.45, 7) is 4.75. The van der Waals surface area contributed by atoms with E-state index in [4.69, 9.17) is 5.73 Å². The van der Waals surface area contributed by atoms with Crippen LogP contribution in [0.4, 0.5) is 0 Å². The van der Waals surface area contributed by atoms with Crippen LogP contribution >= 0.6 is 0 Å². The van der Waals surface area contributed by atoms with E-state index in [0.717, 1.165) is 25.7 Å². The molecule has 1 saturated carbocycles. The first kappa shape index (κ1) is 13.5. The van der Waals surface area contributed by atoms with Crippen LogP contribution in [0.2, 0.25) is 0 Å². The van der Waals surface area contributed by atoms with Gasteiger partial charge in [0.05, 0.1) is 11.3 Å². The van der Waals surface area contributed by atoms with Gasteiger partial charge in [-0.1, -0.05) is 13.3 Å². The fourth-order valence-electron chi connectivity index (χ4n) is 1.74. The lowest BCUT2D eigenvalue weighted by atomic mass is 9.84. The number of nitrogens with zero attached hydrogens (tertiary/aromatic N) is 1. The summed E-state index contributed by atoms with van der Waals surface area (Å²) in [4.78, 5) is 4.32. The van der Waals surface area contributed by atoms with Gasteiger partial charge in [-0.2, -0.15) is 0 Å². The molecule has 3 N–H and O–H groups in total. The molecular weight excluding hydrogens is 222 g/mol. The second kappa shape index (κ2) is 5.66. The molecule has 0 aromatic rings. The molecule has 4 nitrogen and oxygen atoms in total. The minimum Gasteiger partial charge on any atom is -0.370 e. The molecule has 1 aliphatic carbocycles. The molecule has 0 heterocycles. The van der Waals surface area contributed by atoms with Crippen molar-refractivity contribution in [3.8, 4) is 0 Å². The minimum absolute atomic E-state index is 0.0955. The third-order valence-corrected chi connectivity index (χ3v) is 5.18. The van der Waals surface area contributed by atoms with E-state index in [1.54, 1.807) is 6.26 Å². The Morgan fingerprint density at radius 1 is 1.62 bits per heavy atom. The molecule has 5 heteroatoms. The van der Waals surface area contributed by atoms with Crippen molar-refractivity contribution < 1.29 is 4.21 Å². The molecule has 0 aromatic carbocycles. The molecule has 2 atom stereocenters. The topological polar surface area (TPSA) is 67.5 Å². The van der Waals surface area contributed by atoms with Gasteiger partial charge in [0.25, 0.3) is 0 Å². The van der Waals surface area contributed by atoms with Gasteiger partial charge < -0.3 is 11.1 Å². The highest BCUT2D eigenvalue weighted by Gasteiger charge is 2.40. The molecule has 0 saturated heterocycles. The van der Waals surface area contributed by atoms with Crippen molar-refractivity contribution in [3.05, 3.63) is 0 Å². The Kier molecular flexibility index (Phi) is 4.77. The normalized spacial score (nSPS) is 23.3. The maximum absolute atomic E-state index is 11.6. The zero-order chi connectivity index (χ0) is 12.2. The first-order chi connectivity index (χ1) is 7.50. The molecule has 0 spiro atoms. The number of aliphatic imine (C=N–C) groups is 1. The summed E-state index contributed by atoms with van der Waals surface area (Å²) in [5.74, 6) is 0.478. The van der Waals surface area contributed by atoms with Crippen LogP contribution in [0.15, 0.2) is 4.99 Å². The summed E-state index contributed by atoms with van der Waals surface area (Å²) in [6.07, 6.45) is 5.97. The lowest BCUT2D eigenvalue weighted by Crippen LogP contribution is -2.46. The molecule has 0 aliphatic heterocycles. The Labute approximate surface area is 101 Å². The standard InChI is InChI=1S/C11H23N3OS/c1-4-9(2)14-10(12)13-8-11(16(3)15)6-5-7-11/h9H,4-8H2,1-3H3,(H3,12,13,14). The van der Waals surface area contributed by atoms with Gasteiger partial charge in [-0.25, -0.2) is 0 Å². The fourth-order valence-corrected chi connectivity index (χ4v) is 2.85. The van der Waals surface area contributed by atoms with Gasteiger partial charge in [-0.3, -0.25) is 9.20 Å². The first-order valence-electron chi connectivity index (χ1n) is 5.90. The number of guanidine groups is 1. The molecule has 1 rings (SSSR count). The van der Waals surface area contributed by atoms with E-state index >= 15 is 0 Å². The Morgan fingerprint density at radius 3 is 2.62 bits per heavy atom. The monoisotopic (exact) mass is 245 g/mol. The summed E-state index contributed by atoms with van der Waals surface area (Å²) >= 11 is 0. The largest absolute Gasteiger partial charge is 0.370 e. The van der Waals surface area contributed by atoms with E-state index in [1.165, 1.54) is 0 Å². The number of hydrogen-bond acceptors (Lipinski definition) is 2.